The molecule has 0 N–H and O–H groups in total. The van der Waals surface area contributed by atoms with Crippen LogP contribution in [-0.4, -0.2) is 37.9 Å². The summed E-state index contributed by atoms with van der Waals surface area (Å²) < 4.78 is 17.5. The monoisotopic (exact) mass is 903 g/mol. The third-order valence-electron chi connectivity index (χ3n) is 13.3. The van der Waals surface area contributed by atoms with E-state index in [1.807, 2.05) is 0 Å². The standard InChI is InChI=1S/C59H114O5/c1-4-7-10-13-16-19-22-24-26-28-29-30-31-32-33-35-38-40-43-46-49-52-58(60)63-56-57(64-59(61)53-50-47-44-41-37-21-18-15-12-9-6-3)55-62-54-51-48-45-42-39-36-34-27-25-23-20-17-14-11-8-5-2/h24,26,57H,4-23,25,27-56H2,1-3H3/b26-24-/t57-/m1/s1. The summed E-state index contributed by atoms with van der Waals surface area (Å²) in [5.41, 5.74) is 0. The number of unbranched alkanes of at least 4 members (excludes halogenated alkanes) is 42. The van der Waals surface area contributed by atoms with Gasteiger partial charge in [0.1, 0.15) is 6.61 Å². The molecule has 0 fully saturated rings. The molecule has 0 aliphatic heterocycles. The van der Waals surface area contributed by atoms with Gasteiger partial charge in [-0.2, -0.15) is 0 Å². The molecule has 5 heteroatoms. The van der Waals surface area contributed by atoms with E-state index in [4.69, 9.17) is 14.2 Å². The van der Waals surface area contributed by atoms with Gasteiger partial charge in [-0.05, 0) is 44.9 Å². The Labute approximate surface area is 401 Å². The van der Waals surface area contributed by atoms with Gasteiger partial charge >= 0.3 is 11.9 Å². The van der Waals surface area contributed by atoms with E-state index in [1.165, 1.54) is 263 Å². The summed E-state index contributed by atoms with van der Waals surface area (Å²) in [6.45, 7) is 7.90. The summed E-state index contributed by atoms with van der Waals surface area (Å²) in [5, 5.41) is 0. The molecule has 64 heavy (non-hydrogen) atoms. The Kier molecular flexibility index (Phi) is 54.8. The fourth-order valence-corrected chi connectivity index (χ4v) is 8.92. The molecule has 0 radical (unpaired) electrons. The van der Waals surface area contributed by atoms with E-state index in [2.05, 4.69) is 32.9 Å². The van der Waals surface area contributed by atoms with Crippen LogP contribution < -0.4 is 0 Å². The van der Waals surface area contributed by atoms with E-state index < -0.39 is 6.10 Å². The first kappa shape index (κ1) is 62.6. The Morgan fingerprint density at radius 3 is 0.953 bits per heavy atom. The predicted molar refractivity (Wildman–Crippen MR) is 279 cm³/mol. The lowest BCUT2D eigenvalue weighted by atomic mass is 10.0. The summed E-state index contributed by atoms with van der Waals surface area (Å²) >= 11 is 0. The molecular formula is C59H114O5. The highest BCUT2D eigenvalue weighted by molar-refractivity contribution is 5.70. The molecule has 0 aliphatic carbocycles. The first-order chi connectivity index (χ1) is 31.6. The second kappa shape index (κ2) is 56.0. The molecule has 0 saturated heterocycles. The van der Waals surface area contributed by atoms with Crippen molar-refractivity contribution < 1.29 is 23.8 Å². The van der Waals surface area contributed by atoms with Crippen LogP contribution in [0.15, 0.2) is 12.2 Å². The SMILES string of the molecule is CCCCCCCC/C=C\CCCCCCCCCCCCCC(=O)OC[C@@H](COCCCCCCCCCCCCCCCCCC)OC(=O)CCCCCCCCCCCCC. The van der Waals surface area contributed by atoms with Gasteiger partial charge in [0.15, 0.2) is 6.10 Å². The van der Waals surface area contributed by atoms with Gasteiger partial charge in [-0.25, -0.2) is 0 Å². The first-order valence-corrected chi connectivity index (χ1v) is 29.2. The molecule has 1 atom stereocenters. The van der Waals surface area contributed by atoms with Gasteiger partial charge in [-0.3, -0.25) is 9.59 Å². The van der Waals surface area contributed by atoms with Crippen molar-refractivity contribution in [2.45, 2.75) is 335 Å². The van der Waals surface area contributed by atoms with E-state index in [1.54, 1.807) is 0 Å². The minimum Gasteiger partial charge on any atom is -0.462 e. The minimum atomic E-state index is -0.526. The van der Waals surface area contributed by atoms with E-state index in [9.17, 15) is 9.59 Å². The van der Waals surface area contributed by atoms with Crippen LogP contribution >= 0.6 is 0 Å². The number of esters is 2. The Morgan fingerprint density at radius 2 is 0.609 bits per heavy atom. The van der Waals surface area contributed by atoms with Crippen molar-refractivity contribution in [1.29, 1.82) is 0 Å². The van der Waals surface area contributed by atoms with Gasteiger partial charge in [0.25, 0.3) is 0 Å². The summed E-state index contributed by atoms with van der Waals surface area (Å²) in [4.78, 5) is 25.5. The largest absolute Gasteiger partial charge is 0.462 e. The zero-order valence-corrected chi connectivity index (χ0v) is 43.8. The second-order valence-corrected chi connectivity index (χ2v) is 19.9. The number of carbonyl (C=O) groups is 2. The van der Waals surface area contributed by atoms with Crippen LogP contribution in [-0.2, 0) is 23.8 Å². The normalized spacial score (nSPS) is 12.1. The van der Waals surface area contributed by atoms with Gasteiger partial charge in [0, 0.05) is 19.4 Å². The third-order valence-corrected chi connectivity index (χ3v) is 13.3. The Morgan fingerprint density at radius 1 is 0.328 bits per heavy atom. The molecule has 0 aliphatic rings. The van der Waals surface area contributed by atoms with Gasteiger partial charge in [0.05, 0.1) is 6.61 Å². The van der Waals surface area contributed by atoms with Crippen LogP contribution in [0.25, 0.3) is 0 Å². The molecular weight excluding hydrogens is 789 g/mol. The predicted octanol–water partition coefficient (Wildman–Crippen LogP) is 19.8. The fourth-order valence-electron chi connectivity index (χ4n) is 8.92. The lowest BCUT2D eigenvalue weighted by Gasteiger charge is -2.18. The number of hydrogen-bond acceptors (Lipinski definition) is 5. The Balaban J connectivity index is 4.12. The van der Waals surface area contributed by atoms with Gasteiger partial charge in [-0.15, -0.1) is 0 Å². The maximum absolute atomic E-state index is 12.8. The summed E-state index contributed by atoms with van der Waals surface area (Å²) in [6, 6.07) is 0. The molecule has 0 heterocycles. The van der Waals surface area contributed by atoms with Crippen LogP contribution in [0, 0.1) is 0 Å². The smallest absolute Gasteiger partial charge is 0.306 e. The van der Waals surface area contributed by atoms with Crippen LogP contribution in [0.2, 0.25) is 0 Å². The van der Waals surface area contributed by atoms with Crippen molar-refractivity contribution in [3.8, 4) is 0 Å². The summed E-state index contributed by atoms with van der Waals surface area (Å²) in [7, 11) is 0. The van der Waals surface area contributed by atoms with E-state index >= 15 is 0 Å². The molecule has 0 unspecified atom stereocenters. The quantitative estimate of drug-likeness (QED) is 0.0346. The number of hydrogen-bond donors (Lipinski definition) is 0. The zero-order valence-electron chi connectivity index (χ0n) is 43.8. The van der Waals surface area contributed by atoms with E-state index in [0.29, 0.717) is 26.1 Å². The highest BCUT2D eigenvalue weighted by atomic mass is 16.6. The summed E-state index contributed by atoms with van der Waals surface area (Å²) in [5.74, 6) is -0.373. The molecule has 0 amide bonds. The van der Waals surface area contributed by atoms with E-state index in [0.717, 1.165) is 32.1 Å². The van der Waals surface area contributed by atoms with Crippen molar-refractivity contribution in [1.82, 2.24) is 0 Å². The lowest BCUT2D eigenvalue weighted by molar-refractivity contribution is -0.163. The maximum atomic E-state index is 12.8. The average Bonchev–Trinajstić information content (AvgIpc) is 3.30. The molecule has 0 aromatic carbocycles. The molecule has 0 spiro atoms. The Hall–Kier alpha value is -1.36. The van der Waals surface area contributed by atoms with Crippen LogP contribution in [0.5, 0.6) is 0 Å². The number of allylic oxidation sites excluding steroid dienone is 2. The van der Waals surface area contributed by atoms with Crippen molar-refractivity contribution >= 4 is 11.9 Å². The van der Waals surface area contributed by atoms with E-state index in [-0.39, 0.29) is 18.5 Å². The molecule has 0 aromatic rings. The number of rotatable bonds is 55. The van der Waals surface area contributed by atoms with Crippen molar-refractivity contribution in [2.75, 3.05) is 19.8 Å². The number of carbonyl (C=O) groups excluding carboxylic acids is 2. The topological polar surface area (TPSA) is 61.8 Å². The van der Waals surface area contributed by atoms with Crippen molar-refractivity contribution in [2.24, 2.45) is 0 Å². The minimum absolute atomic E-state index is 0.0950. The van der Waals surface area contributed by atoms with Crippen molar-refractivity contribution in [3.63, 3.8) is 0 Å². The zero-order chi connectivity index (χ0) is 46.3. The molecule has 0 bridgehead atoms. The van der Waals surface area contributed by atoms with Crippen LogP contribution in [0.1, 0.15) is 329 Å². The van der Waals surface area contributed by atoms with Gasteiger partial charge < -0.3 is 14.2 Å². The van der Waals surface area contributed by atoms with Gasteiger partial charge in [-0.1, -0.05) is 283 Å². The molecule has 5 nitrogen and oxygen atoms in total. The summed E-state index contributed by atoms with van der Waals surface area (Å²) in [6.07, 6.45) is 65.2. The second-order valence-electron chi connectivity index (χ2n) is 19.9. The van der Waals surface area contributed by atoms with Gasteiger partial charge in [0.2, 0.25) is 0 Å². The Bertz CT molecular complexity index is 932. The highest BCUT2D eigenvalue weighted by Crippen LogP contribution is 2.17. The average molecular weight is 904 g/mol. The molecule has 0 saturated carbocycles. The molecule has 380 valence electrons. The van der Waals surface area contributed by atoms with Crippen LogP contribution in [0.3, 0.4) is 0 Å². The molecule has 0 aromatic heterocycles. The fraction of sp³-hybridized carbons (Fsp3) is 0.932. The maximum Gasteiger partial charge on any atom is 0.306 e. The van der Waals surface area contributed by atoms with Crippen LogP contribution in [0.4, 0.5) is 0 Å². The lowest BCUT2D eigenvalue weighted by Crippen LogP contribution is -2.30. The first-order valence-electron chi connectivity index (χ1n) is 29.2. The van der Waals surface area contributed by atoms with Crippen molar-refractivity contribution in [3.05, 3.63) is 12.2 Å². The number of ether oxygens (including phenoxy) is 3. The third kappa shape index (κ3) is 53.3. The highest BCUT2D eigenvalue weighted by Gasteiger charge is 2.17. The molecule has 0 rings (SSSR count).